The molecule has 0 spiro atoms. The van der Waals surface area contributed by atoms with Crippen molar-refractivity contribution in [2.75, 3.05) is 26.3 Å². The van der Waals surface area contributed by atoms with Gasteiger partial charge in [0.2, 0.25) is 5.91 Å². The Bertz CT molecular complexity index is 994. The molecule has 0 radical (unpaired) electrons. The second-order valence-electron chi connectivity index (χ2n) is 8.69. The van der Waals surface area contributed by atoms with Gasteiger partial charge in [0.05, 0.1) is 0 Å². The molecular formula is C26H30N2O6. The number of rotatable bonds is 10. The summed E-state index contributed by atoms with van der Waals surface area (Å²) in [7, 11) is 0. The molecule has 2 atom stereocenters. The van der Waals surface area contributed by atoms with Gasteiger partial charge in [-0.2, -0.15) is 0 Å². The van der Waals surface area contributed by atoms with Gasteiger partial charge in [0.1, 0.15) is 6.61 Å². The van der Waals surface area contributed by atoms with Crippen LogP contribution in [0.2, 0.25) is 0 Å². The normalized spacial score (nSPS) is 18.7. The molecular weight excluding hydrogens is 436 g/mol. The lowest BCUT2D eigenvalue weighted by Crippen LogP contribution is -2.36. The fourth-order valence-corrected chi connectivity index (χ4v) is 4.70. The summed E-state index contributed by atoms with van der Waals surface area (Å²) < 4.78 is 10.7. The quantitative estimate of drug-likeness (QED) is 0.463. The number of carboxylic acids is 1. The van der Waals surface area contributed by atoms with Crippen LogP contribution in [-0.4, -0.2) is 55.5 Å². The van der Waals surface area contributed by atoms with Crippen LogP contribution in [0.1, 0.15) is 42.7 Å². The Labute approximate surface area is 198 Å². The zero-order chi connectivity index (χ0) is 23.9. The van der Waals surface area contributed by atoms with Crippen molar-refractivity contribution in [3.8, 4) is 11.1 Å². The van der Waals surface area contributed by atoms with E-state index in [-0.39, 0.29) is 24.3 Å². The van der Waals surface area contributed by atoms with Crippen molar-refractivity contribution >= 4 is 18.0 Å². The number of nitrogens with one attached hydrogen (secondary N) is 2. The third kappa shape index (κ3) is 5.56. The van der Waals surface area contributed by atoms with Gasteiger partial charge < -0.3 is 25.2 Å². The smallest absolute Gasteiger partial charge is 0.407 e. The van der Waals surface area contributed by atoms with E-state index in [0.29, 0.717) is 45.4 Å². The molecule has 0 bridgehead atoms. The molecule has 1 aliphatic carbocycles. The van der Waals surface area contributed by atoms with Crippen LogP contribution in [0.25, 0.3) is 11.1 Å². The molecule has 8 nitrogen and oxygen atoms in total. The molecule has 1 aliphatic heterocycles. The van der Waals surface area contributed by atoms with Gasteiger partial charge in [-0.15, -0.1) is 0 Å². The summed E-state index contributed by atoms with van der Waals surface area (Å²) in [5.74, 6) is -1.29. The number of ether oxygens (including phenoxy) is 2. The first kappa shape index (κ1) is 23.8. The minimum absolute atomic E-state index is 0.0211. The fourth-order valence-electron chi connectivity index (χ4n) is 4.70. The highest BCUT2D eigenvalue weighted by atomic mass is 16.5. The van der Waals surface area contributed by atoms with Gasteiger partial charge in [-0.1, -0.05) is 48.5 Å². The van der Waals surface area contributed by atoms with Crippen molar-refractivity contribution in [3.63, 3.8) is 0 Å². The third-order valence-electron chi connectivity index (χ3n) is 6.46. The van der Waals surface area contributed by atoms with Gasteiger partial charge in [0.15, 0.2) is 6.10 Å². The summed E-state index contributed by atoms with van der Waals surface area (Å²) in [5, 5.41) is 14.6. The first-order chi connectivity index (χ1) is 16.5. The molecule has 2 aromatic carbocycles. The van der Waals surface area contributed by atoms with Crippen LogP contribution < -0.4 is 10.6 Å². The molecule has 4 rings (SSSR count). The van der Waals surface area contributed by atoms with Crippen molar-refractivity contribution in [2.24, 2.45) is 5.92 Å². The second kappa shape index (κ2) is 11.2. The highest BCUT2D eigenvalue weighted by Crippen LogP contribution is 2.44. The van der Waals surface area contributed by atoms with Crippen molar-refractivity contribution in [2.45, 2.75) is 37.7 Å². The minimum Gasteiger partial charge on any atom is -0.479 e. The van der Waals surface area contributed by atoms with E-state index < -0.39 is 18.2 Å². The van der Waals surface area contributed by atoms with E-state index in [0.717, 1.165) is 0 Å². The molecule has 1 saturated heterocycles. The zero-order valence-electron chi connectivity index (χ0n) is 19.0. The predicted octanol–water partition coefficient (Wildman–Crippen LogP) is 3.30. The van der Waals surface area contributed by atoms with Gasteiger partial charge in [-0.05, 0) is 41.5 Å². The average Bonchev–Trinajstić information content (AvgIpc) is 3.44. The van der Waals surface area contributed by atoms with E-state index >= 15 is 0 Å². The van der Waals surface area contributed by atoms with E-state index in [9.17, 15) is 14.4 Å². The van der Waals surface area contributed by atoms with Crippen LogP contribution in [0.4, 0.5) is 4.79 Å². The largest absolute Gasteiger partial charge is 0.479 e. The maximum atomic E-state index is 12.2. The number of hydrogen-bond acceptors (Lipinski definition) is 5. The number of unbranched alkanes of at least 4 members (excludes halogenated alkanes) is 1. The summed E-state index contributed by atoms with van der Waals surface area (Å²) in [6.07, 6.45) is 0.883. The highest BCUT2D eigenvalue weighted by Gasteiger charge is 2.34. The van der Waals surface area contributed by atoms with Crippen LogP contribution in [0.3, 0.4) is 0 Å². The Morgan fingerprint density at radius 3 is 2.32 bits per heavy atom. The number of amides is 2. The molecule has 1 fully saturated rings. The van der Waals surface area contributed by atoms with Crippen LogP contribution in [0.5, 0.6) is 0 Å². The van der Waals surface area contributed by atoms with Gasteiger partial charge in [-0.3, -0.25) is 4.79 Å². The molecule has 2 aromatic rings. The number of fused-ring (bicyclic) bond motifs is 3. The summed E-state index contributed by atoms with van der Waals surface area (Å²) in [6, 6.07) is 16.4. The maximum Gasteiger partial charge on any atom is 0.407 e. The average molecular weight is 467 g/mol. The number of carbonyl (C=O) groups is 3. The van der Waals surface area contributed by atoms with E-state index in [2.05, 4.69) is 34.9 Å². The van der Waals surface area contributed by atoms with Crippen LogP contribution in [0.15, 0.2) is 48.5 Å². The first-order valence-corrected chi connectivity index (χ1v) is 11.7. The van der Waals surface area contributed by atoms with Gasteiger partial charge in [0.25, 0.3) is 0 Å². The lowest BCUT2D eigenvalue weighted by atomic mass is 9.98. The molecule has 8 heteroatoms. The van der Waals surface area contributed by atoms with E-state index in [1.54, 1.807) is 0 Å². The SMILES string of the molecule is O=C(CCCCNC(=O)OCC1c2ccccc2-c2ccccc21)NCC1CCOC1C(=O)O. The summed E-state index contributed by atoms with van der Waals surface area (Å²) in [5.41, 5.74) is 4.70. The van der Waals surface area contributed by atoms with Gasteiger partial charge >= 0.3 is 12.1 Å². The lowest BCUT2D eigenvalue weighted by molar-refractivity contribution is -0.149. The van der Waals surface area contributed by atoms with Crippen molar-refractivity contribution in [1.29, 1.82) is 0 Å². The molecule has 3 N–H and O–H groups in total. The van der Waals surface area contributed by atoms with Crippen molar-refractivity contribution < 1.29 is 29.0 Å². The van der Waals surface area contributed by atoms with Gasteiger partial charge in [-0.25, -0.2) is 9.59 Å². The van der Waals surface area contributed by atoms with Gasteiger partial charge in [0, 0.05) is 38.0 Å². The number of benzene rings is 2. The molecule has 0 saturated carbocycles. The summed E-state index contributed by atoms with van der Waals surface area (Å²) in [6.45, 7) is 1.39. The number of hydrogen-bond donors (Lipinski definition) is 3. The molecule has 34 heavy (non-hydrogen) atoms. The standard InChI is InChI=1S/C26H30N2O6/c29-23(28-15-17-12-14-33-24(17)25(30)31)11-5-6-13-27-26(32)34-16-22-20-9-3-1-7-18(20)19-8-2-4-10-21(19)22/h1-4,7-10,17,22,24H,5-6,11-16H2,(H,27,32)(H,28,29)(H,30,31). The number of carboxylic acid groups (broad SMARTS) is 1. The Morgan fingerprint density at radius 1 is 0.971 bits per heavy atom. The molecule has 1 heterocycles. The van der Waals surface area contributed by atoms with Crippen LogP contribution >= 0.6 is 0 Å². The summed E-state index contributed by atoms with van der Waals surface area (Å²) >= 11 is 0. The van der Waals surface area contributed by atoms with E-state index in [4.69, 9.17) is 14.6 Å². The molecule has 2 aliphatic rings. The zero-order valence-corrected chi connectivity index (χ0v) is 19.0. The monoisotopic (exact) mass is 466 g/mol. The highest BCUT2D eigenvalue weighted by molar-refractivity contribution is 5.79. The molecule has 180 valence electrons. The summed E-state index contributed by atoms with van der Waals surface area (Å²) in [4.78, 5) is 35.3. The fraction of sp³-hybridized carbons (Fsp3) is 0.423. The molecule has 0 aromatic heterocycles. The lowest BCUT2D eigenvalue weighted by Gasteiger charge is -2.15. The Kier molecular flexibility index (Phi) is 7.80. The van der Waals surface area contributed by atoms with E-state index in [1.165, 1.54) is 22.3 Å². The Morgan fingerprint density at radius 2 is 1.65 bits per heavy atom. The van der Waals surface area contributed by atoms with Crippen LogP contribution in [-0.2, 0) is 19.1 Å². The second-order valence-corrected chi connectivity index (χ2v) is 8.69. The molecule has 2 amide bonds. The minimum atomic E-state index is -0.990. The third-order valence-corrected chi connectivity index (χ3v) is 6.46. The maximum absolute atomic E-state index is 12.2. The first-order valence-electron chi connectivity index (χ1n) is 11.7. The number of carbonyl (C=O) groups excluding carboxylic acids is 2. The Balaban J connectivity index is 1.12. The van der Waals surface area contributed by atoms with Crippen LogP contribution in [0, 0.1) is 5.92 Å². The van der Waals surface area contributed by atoms with Crippen molar-refractivity contribution in [1.82, 2.24) is 10.6 Å². The topological polar surface area (TPSA) is 114 Å². The molecule has 2 unspecified atom stereocenters. The number of aliphatic carboxylic acids is 1. The number of alkyl carbamates (subject to hydrolysis) is 1. The van der Waals surface area contributed by atoms with E-state index in [1.807, 2.05) is 24.3 Å². The predicted molar refractivity (Wildman–Crippen MR) is 125 cm³/mol. The van der Waals surface area contributed by atoms with Crippen molar-refractivity contribution in [3.05, 3.63) is 59.7 Å². The Hall–Kier alpha value is -3.39.